The fourth-order valence-corrected chi connectivity index (χ4v) is 8.51. The molecule has 6 heteroatoms. The van der Waals surface area contributed by atoms with Gasteiger partial charge in [0.25, 0.3) is 0 Å². The largest absolute Gasteiger partial charge is 0.462 e. The van der Waals surface area contributed by atoms with Crippen LogP contribution in [0.5, 0.6) is 0 Å². The third kappa shape index (κ3) is 60.7. The first-order valence-corrected chi connectivity index (χ1v) is 31.5. The molecule has 0 aromatic carbocycles. The summed E-state index contributed by atoms with van der Waals surface area (Å²) in [5, 5.41) is 0. The van der Waals surface area contributed by atoms with Gasteiger partial charge < -0.3 is 14.2 Å². The molecule has 0 spiro atoms. The van der Waals surface area contributed by atoms with Gasteiger partial charge >= 0.3 is 17.9 Å². The number of hydrogen-bond donors (Lipinski definition) is 0. The summed E-state index contributed by atoms with van der Waals surface area (Å²) in [4.78, 5) is 38.3. The molecule has 0 N–H and O–H groups in total. The van der Waals surface area contributed by atoms with Crippen molar-refractivity contribution in [3.63, 3.8) is 0 Å². The molecule has 0 saturated carbocycles. The molecule has 0 heterocycles. The van der Waals surface area contributed by atoms with Crippen molar-refractivity contribution in [2.45, 2.75) is 290 Å². The molecule has 0 aliphatic heterocycles. The van der Waals surface area contributed by atoms with Crippen molar-refractivity contribution in [3.8, 4) is 0 Å². The molecule has 0 rings (SSSR count). The zero-order chi connectivity index (χ0) is 55.0. The second-order valence-electron chi connectivity index (χ2n) is 20.5. The Kier molecular flexibility index (Phi) is 59.9. The van der Waals surface area contributed by atoms with Crippen LogP contribution in [0.3, 0.4) is 0 Å². The summed E-state index contributed by atoms with van der Waals surface area (Å²) in [6, 6.07) is 0. The first-order chi connectivity index (χ1) is 37.5. The summed E-state index contributed by atoms with van der Waals surface area (Å²) in [7, 11) is 0. The monoisotopic (exact) mass is 1050 g/mol. The smallest absolute Gasteiger partial charge is 0.306 e. The molecule has 0 aliphatic rings. The first-order valence-electron chi connectivity index (χ1n) is 31.5. The van der Waals surface area contributed by atoms with E-state index in [-0.39, 0.29) is 31.1 Å². The van der Waals surface area contributed by atoms with Crippen LogP contribution in [-0.4, -0.2) is 37.2 Å². The molecule has 76 heavy (non-hydrogen) atoms. The van der Waals surface area contributed by atoms with E-state index in [9.17, 15) is 14.4 Å². The average molecular weight is 1050 g/mol. The van der Waals surface area contributed by atoms with Gasteiger partial charge in [-0.3, -0.25) is 14.4 Å². The van der Waals surface area contributed by atoms with Crippen molar-refractivity contribution in [3.05, 3.63) is 122 Å². The van der Waals surface area contributed by atoms with Gasteiger partial charge in [-0.2, -0.15) is 0 Å². The Balaban J connectivity index is 4.39. The number of unbranched alkanes of at least 4 members (excludes halogenated alkanes) is 25. The maximum absolute atomic E-state index is 12.9. The molecule has 0 saturated heterocycles. The highest BCUT2D eigenvalue weighted by atomic mass is 16.6. The van der Waals surface area contributed by atoms with E-state index in [4.69, 9.17) is 14.2 Å². The van der Waals surface area contributed by atoms with Crippen LogP contribution in [0.25, 0.3) is 0 Å². The zero-order valence-corrected chi connectivity index (χ0v) is 49.5. The molecule has 6 nitrogen and oxygen atoms in total. The lowest BCUT2D eigenvalue weighted by Crippen LogP contribution is -2.30. The number of hydrogen-bond acceptors (Lipinski definition) is 6. The van der Waals surface area contributed by atoms with Gasteiger partial charge in [0, 0.05) is 19.3 Å². The molecule has 432 valence electrons. The van der Waals surface area contributed by atoms with Crippen molar-refractivity contribution in [1.29, 1.82) is 0 Å². The van der Waals surface area contributed by atoms with Gasteiger partial charge in [0.2, 0.25) is 0 Å². The third-order valence-electron chi connectivity index (χ3n) is 13.2. The Hall–Kier alpha value is -4.19. The second-order valence-corrected chi connectivity index (χ2v) is 20.5. The van der Waals surface area contributed by atoms with Crippen LogP contribution in [0.4, 0.5) is 0 Å². The summed E-state index contributed by atoms with van der Waals surface area (Å²) in [5.41, 5.74) is 0. The molecule has 0 aromatic heterocycles. The minimum Gasteiger partial charge on any atom is -0.462 e. The molecule has 0 amide bonds. The van der Waals surface area contributed by atoms with Crippen LogP contribution in [0.1, 0.15) is 284 Å². The molecule has 0 bridgehead atoms. The summed E-state index contributed by atoms with van der Waals surface area (Å²) in [6.45, 7) is 6.38. The maximum Gasteiger partial charge on any atom is 0.306 e. The number of carbonyl (C=O) groups excluding carboxylic acids is 3. The lowest BCUT2D eigenvalue weighted by atomic mass is 10.0. The zero-order valence-electron chi connectivity index (χ0n) is 49.5. The average Bonchev–Trinajstić information content (AvgIpc) is 3.42. The van der Waals surface area contributed by atoms with Gasteiger partial charge in [-0.15, -0.1) is 0 Å². The lowest BCUT2D eigenvalue weighted by molar-refractivity contribution is -0.167. The fourth-order valence-electron chi connectivity index (χ4n) is 8.51. The summed E-state index contributed by atoms with van der Waals surface area (Å²) >= 11 is 0. The van der Waals surface area contributed by atoms with E-state index >= 15 is 0 Å². The fraction of sp³-hybridized carbons (Fsp3) is 0.671. The van der Waals surface area contributed by atoms with Crippen LogP contribution >= 0.6 is 0 Å². The lowest BCUT2D eigenvalue weighted by Gasteiger charge is -2.18. The second kappa shape index (κ2) is 63.3. The Morgan fingerprint density at radius 2 is 0.513 bits per heavy atom. The van der Waals surface area contributed by atoms with Gasteiger partial charge in [0.1, 0.15) is 13.2 Å². The van der Waals surface area contributed by atoms with E-state index in [1.807, 2.05) is 0 Å². The third-order valence-corrected chi connectivity index (χ3v) is 13.2. The van der Waals surface area contributed by atoms with Crippen LogP contribution in [0.15, 0.2) is 122 Å². The highest BCUT2D eigenvalue weighted by Gasteiger charge is 2.19. The molecule has 0 radical (unpaired) electrons. The summed E-state index contributed by atoms with van der Waals surface area (Å²) in [5.74, 6) is -0.931. The molecule has 0 aromatic rings. The van der Waals surface area contributed by atoms with E-state index < -0.39 is 6.10 Å². The molecular weight excluding hydrogens is 937 g/mol. The van der Waals surface area contributed by atoms with E-state index in [2.05, 4.69) is 142 Å². The minimum atomic E-state index is -0.802. The molecule has 0 aliphatic carbocycles. The molecule has 1 unspecified atom stereocenters. The number of carbonyl (C=O) groups is 3. The van der Waals surface area contributed by atoms with E-state index in [0.717, 1.165) is 148 Å². The summed E-state index contributed by atoms with van der Waals surface area (Å²) in [6.07, 6.45) is 87.7. The number of allylic oxidation sites excluding steroid dienone is 20. The van der Waals surface area contributed by atoms with Crippen molar-refractivity contribution >= 4 is 17.9 Å². The number of rotatable bonds is 56. The molecule has 1 atom stereocenters. The van der Waals surface area contributed by atoms with Crippen LogP contribution in [0, 0.1) is 0 Å². The van der Waals surface area contributed by atoms with Crippen LogP contribution in [0.2, 0.25) is 0 Å². The topological polar surface area (TPSA) is 78.9 Å². The van der Waals surface area contributed by atoms with Crippen LogP contribution in [-0.2, 0) is 28.6 Å². The molecular formula is C70H116O6. The van der Waals surface area contributed by atoms with E-state index in [1.54, 1.807) is 0 Å². The van der Waals surface area contributed by atoms with E-state index in [0.29, 0.717) is 19.3 Å². The number of esters is 3. The van der Waals surface area contributed by atoms with Crippen LogP contribution < -0.4 is 0 Å². The Bertz CT molecular complexity index is 1590. The van der Waals surface area contributed by atoms with Gasteiger partial charge in [0.05, 0.1) is 0 Å². The predicted molar refractivity (Wildman–Crippen MR) is 330 cm³/mol. The highest BCUT2D eigenvalue weighted by molar-refractivity contribution is 5.71. The van der Waals surface area contributed by atoms with Crippen molar-refractivity contribution < 1.29 is 28.6 Å². The molecule has 0 fully saturated rings. The first kappa shape index (κ1) is 71.8. The quantitative estimate of drug-likeness (QED) is 0.0261. The summed E-state index contributed by atoms with van der Waals surface area (Å²) < 4.78 is 16.9. The van der Waals surface area contributed by atoms with Gasteiger partial charge in [-0.05, 0) is 128 Å². The number of ether oxygens (including phenoxy) is 3. The normalized spacial score (nSPS) is 12.9. The minimum absolute atomic E-state index is 0.0954. The maximum atomic E-state index is 12.9. The Labute approximate surface area is 469 Å². The van der Waals surface area contributed by atoms with Crippen molar-refractivity contribution in [2.75, 3.05) is 13.2 Å². The Morgan fingerprint density at radius 3 is 0.803 bits per heavy atom. The predicted octanol–water partition coefficient (Wildman–Crippen LogP) is 21.6. The van der Waals surface area contributed by atoms with Crippen molar-refractivity contribution in [1.82, 2.24) is 0 Å². The van der Waals surface area contributed by atoms with Gasteiger partial charge in [-0.1, -0.05) is 258 Å². The van der Waals surface area contributed by atoms with Gasteiger partial charge in [-0.25, -0.2) is 0 Å². The SMILES string of the molecule is CC/C=C\C/C=C\C/C=C\C/C=C\CCCCCCCCCCCCCCC(=O)OCC(COC(=O)CCCCCCC/C=C\C/C=C\CCCCCC)OC(=O)CCCCCC/C=C\C/C=C\C/C=C\C/C=C\CC. The standard InChI is InChI=1S/C70H116O6/c1-4-7-10-13-16-19-22-25-28-31-32-33-34-35-36-37-38-40-42-45-48-51-54-57-60-63-69(72)75-66-67(65-74-68(71)62-59-56-53-50-47-44-41-30-27-24-21-18-15-12-9-6-3)76-70(73)64-61-58-55-52-49-46-43-39-29-26-23-20-17-14-11-8-5-2/h7-8,10-11,16-17,19-21,24-26,28-30,32-33,41,43,46,67H,4-6,9,12-15,18,22-23,27,31,34-40,42,44-45,47-66H2,1-3H3/b10-7-,11-8-,19-16-,20-17-,24-21-,28-25-,29-26-,33-32-,41-30-,46-43-. The Morgan fingerprint density at radius 1 is 0.276 bits per heavy atom. The van der Waals surface area contributed by atoms with Gasteiger partial charge in [0.15, 0.2) is 6.10 Å². The van der Waals surface area contributed by atoms with Crippen molar-refractivity contribution in [2.24, 2.45) is 0 Å². The highest BCUT2D eigenvalue weighted by Crippen LogP contribution is 2.15. The van der Waals surface area contributed by atoms with E-state index in [1.165, 1.54) is 96.3 Å².